The summed E-state index contributed by atoms with van der Waals surface area (Å²) in [5, 5.41) is 3.48. The number of hydrogen-bond acceptors (Lipinski definition) is 6. The summed E-state index contributed by atoms with van der Waals surface area (Å²) in [4.78, 5) is 12.7. The molecule has 1 heterocycles. The smallest absolute Gasteiger partial charge is 0.242 e. The minimum absolute atomic E-state index is 0.146. The van der Waals surface area contributed by atoms with E-state index in [4.69, 9.17) is 27.9 Å². The van der Waals surface area contributed by atoms with Gasteiger partial charge in [-0.25, -0.2) is 25.4 Å². The van der Waals surface area contributed by atoms with E-state index in [0.29, 0.717) is 34.2 Å². The molecule has 0 atom stereocenters. The predicted molar refractivity (Wildman–Crippen MR) is 139 cm³/mol. The van der Waals surface area contributed by atoms with Crippen molar-refractivity contribution in [1.82, 2.24) is 13.9 Å². The van der Waals surface area contributed by atoms with Gasteiger partial charge in [-0.2, -0.15) is 0 Å². The van der Waals surface area contributed by atoms with Gasteiger partial charge in [0.15, 0.2) is 0 Å². The van der Waals surface area contributed by atoms with Crippen LogP contribution in [0.5, 0.6) is 5.75 Å². The van der Waals surface area contributed by atoms with Gasteiger partial charge in [0.25, 0.3) is 0 Å². The number of halogens is 2. The number of amides is 1. The molecule has 0 unspecified atom stereocenters. The van der Waals surface area contributed by atoms with Gasteiger partial charge in [-0.1, -0.05) is 29.3 Å². The second-order valence-electron chi connectivity index (χ2n) is 8.58. The maximum atomic E-state index is 12.8. The Kier molecular flexibility index (Phi) is 9.64. The van der Waals surface area contributed by atoms with Gasteiger partial charge in [0, 0.05) is 33.1 Å². The summed E-state index contributed by atoms with van der Waals surface area (Å²) >= 11 is 11.9. The first kappa shape index (κ1) is 28.7. The summed E-state index contributed by atoms with van der Waals surface area (Å²) in [7, 11) is -4.13. The van der Waals surface area contributed by atoms with Gasteiger partial charge in [0.2, 0.25) is 26.0 Å². The molecule has 1 fully saturated rings. The van der Waals surface area contributed by atoms with Crippen molar-refractivity contribution in [3.05, 3.63) is 58.1 Å². The van der Waals surface area contributed by atoms with Gasteiger partial charge in [0.1, 0.15) is 12.4 Å². The Bertz CT molecular complexity index is 1280. The minimum Gasteiger partial charge on any atom is -0.492 e. The monoisotopic (exact) mass is 577 g/mol. The molecule has 0 radical (unpaired) electrons. The summed E-state index contributed by atoms with van der Waals surface area (Å²) in [5.41, 5.74) is 0.554. The van der Waals surface area contributed by atoms with Crippen LogP contribution in [0.15, 0.2) is 47.4 Å². The van der Waals surface area contributed by atoms with Gasteiger partial charge in [-0.15, -0.1) is 0 Å². The van der Waals surface area contributed by atoms with Crippen molar-refractivity contribution in [3.63, 3.8) is 0 Å². The molecular formula is C23H29Cl2N3O6S2. The zero-order valence-corrected chi connectivity index (χ0v) is 23.1. The van der Waals surface area contributed by atoms with Crippen molar-refractivity contribution in [3.8, 4) is 5.75 Å². The lowest BCUT2D eigenvalue weighted by Gasteiger charge is -2.30. The summed E-state index contributed by atoms with van der Waals surface area (Å²) in [5.74, 6) is -0.118. The van der Waals surface area contributed by atoms with E-state index in [9.17, 15) is 21.6 Å². The fraction of sp³-hybridized carbons (Fsp3) is 0.435. The molecule has 36 heavy (non-hydrogen) atoms. The number of sulfonamides is 2. The minimum atomic E-state index is -3.54. The zero-order chi connectivity index (χ0) is 26.5. The molecule has 2 aromatic carbocycles. The molecule has 1 amide bonds. The molecule has 0 aromatic heterocycles. The van der Waals surface area contributed by atoms with Crippen molar-refractivity contribution in [2.45, 2.75) is 23.5 Å². The number of piperidine rings is 1. The van der Waals surface area contributed by atoms with E-state index in [1.807, 2.05) is 0 Å². The third-order valence-electron chi connectivity index (χ3n) is 5.82. The van der Waals surface area contributed by atoms with Crippen LogP contribution in [-0.4, -0.2) is 71.7 Å². The molecule has 0 saturated carbocycles. The van der Waals surface area contributed by atoms with E-state index >= 15 is 0 Å². The lowest BCUT2D eigenvalue weighted by atomic mass is 9.97. The Labute approximate surface area is 222 Å². The van der Waals surface area contributed by atoms with Crippen LogP contribution in [0, 0.1) is 5.92 Å². The molecular weight excluding hydrogens is 549 g/mol. The van der Waals surface area contributed by atoms with Gasteiger partial charge >= 0.3 is 0 Å². The third-order valence-corrected chi connectivity index (χ3v) is 10.2. The van der Waals surface area contributed by atoms with E-state index in [2.05, 4.69) is 5.32 Å². The normalized spacial score (nSPS) is 15.7. The largest absolute Gasteiger partial charge is 0.492 e. The van der Waals surface area contributed by atoms with E-state index in [0.717, 1.165) is 4.31 Å². The third kappa shape index (κ3) is 7.33. The molecule has 1 saturated heterocycles. The van der Waals surface area contributed by atoms with Crippen LogP contribution < -0.4 is 10.1 Å². The van der Waals surface area contributed by atoms with Gasteiger partial charge in [0.05, 0.1) is 27.2 Å². The zero-order valence-electron chi connectivity index (χ0n) is 20.0. The summed E-state index contributed by atoms with van der Waals surface area (Å²) in [6.45, 7) is 1.01. The van der Waals surface area contributed by atoms with Gasteiger partial charge in [-0.05, 0) is 54.8 Å². The lowest BCUT2D eigenvalue weighted by molar-refractivity contribution is -0.126. The second-order valence-corrected chi connectivity index (χ2v) is 13.5. The van der Waals surface area contributed by atoms with Crippen LogP contribution >= 0.6 is 23.2 Å². The quantitative estimate of drug-likeness (QED) is 0.434. The molecule has 1 aliphatic rings. The number of nitrogens with zero attached hydrogens (tertiary/aromatic N) is 2. The second kappa shape index (κ2) is 12.1. The van der Waals surface area contributed by atoms with E-state index in [-0.39, 0.29) is 48.7 Å². The van der Waals surface area contributed by atoms with Crippen LogP contribution in [-0.2, 0) is 30.6 Å². The van der Waals surface area contributed by atoms with Crippen molar-refractivity contribution >= 4 is 49.2 Å². The Balaban J connectivity index is 1.41. The first-order chi connectivity index (χ1) is 16.9. The number of benzene rings is 2. The standard InChI is InChI=1S/C23H29Cl2N3O6S2/c1-27(2)36(32,33)20-6-4-19(5-7-20)34-14-11-26-23(29)18-9-12-28(13-10-18)35(30,31)16-17-3-8-21(24)22(25)15-17/h3-8,15,18H,9-14,16H2,1-2H3,(H,26,29). The first-order valence-electron chi connectivity index (χ1n) is 11.2. The Morgan fingerprint density at radius 2 is 1.67 bits per heavy atom. The van der Waals surface area contributed by atoms with E-state index in [1.54, 1.807) is 30.3 Å². The summed E-state index contributed by atoms with van der Waals surface area (Å²) < 4.78 is 57.9. The van der Waals surface area contributed by atoms with Crippen LogP contribution in [0.25, 0.3) is 0 Å². The van der Waals surface area contributed by atoms with E-state index < -0.39 is 20.0 Å². The predicted octanol–water partition coefficient (Wildman–Crippen LogP) is 2.98. The molecule has 13 heteroatoms. The fourth-order valence-electron chi connectivity index (χ4n) is 3.73. The number of ether oxygens (including phenoxy) is 1. The highest BCUT2D eigenvalue weighted by molar-refractivity contribution is 7.89. The fourth-order valence-corrected chi connectivity index (χ4v) is 6.51. The van der Waals surface area contributed by atoms with Crippen molar-refractivity contribution in [2.24, 2.45) is 5.92 Å². The number of carbonyl (C=O) groups excluding carboxylic acids is 1. The van der Waals surface area contributed by atoms with Crippen molar-refractivity contribution in [2.75, 3.05) is 40.3 Å². The molecule has 0 aliphatic carbocycles. The maximum absolute atomic E-state index is 12.8. The average molecular weight is 579 g/mol. The summed E-state index contributed by atoms with van der Waals surface area (Å²) in [6.07, 6.45) is 0.851. The lowest BCUT2D eigenvalue weighted by Crippen LogP contribution is -2.43. The maximum Gasteiger partial charge on any atom is 0.242 e. The van der Waals surface area contributed by atoms with Crippen LogP contribution in [0.2, 0.25) is 10.0 Å². The molecule has 0 spiro atoms. The molecule has 3 rings (SSSR count). The Morgan fingerprint density at radius 3 is 2.25 bits per heavy atom. The van der Waals surface area contributed by atoms with Crippen LogP contribution in [0.1, 0.15) is 18.4 Å². The molecule has 9 nitrogen and oxygen atoms in total. The van der Waals surface area contributed by atoms with Gasteiger partial charge < -0.3 is 10.1 Å². The molecule has 2 aromatic rings. The Hall–Kier alpha value is -1.89. The Morgan fingerprint density at radius 1 is 1.03 bits per heavy atom. The highest BCUT2D eigenvalue weighted by atomic mass is 35.5. The molecule has 198 valence electrons. The topological polar surface area (TPSA) is 113 Å². The van der Waals surface area contributed by atoms with Crippen molar-refractivity contribution in [1.29, 1.82) is 0 Å². The molecule has 0 bridgehead atoms. The van der Waals surface area contributed by atoms with Crippen LogP contribution in [0.4, 0.5) is 0 Å². The number of rotatable bonds is 10. The van der Waals surface area contributed by atoms with Crippen LogP contribution in [0.3, 0.4) is 0 Å². The first-order valence-corrected chi connectivity index (χ1v) is 15.1. The SMILES string of the molecule is CN(C)S(=O)(=O)c1ccc(OCCNC(=O)C2CCN(S(=O)(=O)Cc3ccc(Cl)c(Cl)c3)CC2)cc1. The molecule has 1 aliphatic heterocycles. The summed E-state index contributed by atoms with van der Waals surface area (Å²) in [6, 6.07) is 10.8. The van der Waals surface area contributed by atoms with Gasteiger partial charge in [-0.3, -0.25) is 4.79 Å². The van der Waals surface area contributed by atoms with E-state index in [1.165, 1.54) is 30.5 Å². The molecule has 1 N–H and O–H groups in total. The van der Waals surface area contributed by atoms with Crippen molar-refractivity contribution < 1.29 is 26.4 Å². The average Bonchev–Trinajstić information content (AvgIpc) is 2.84. The number of carbonyl (C=O) groups is 1. The highest BCUT2D eigenvalue weighted by Crippen LogP contribution is 2.26. The highest BCUT2D eigenvalue weighted by Gasteiger charge is 2.31. The number of hydrogen-bond donors (Lipinski definition) is 1. The number of nitrogens with one attached hydrogen (secondary N) is 1.